The summed E-state index contributed by atoms with van der Waals surface area (Å²) >= 11 is 0. The van der Waals surface area contributed by atoms with Gasteiger partial charge in [0.05, 0.1) is 18.2 Å². The SMILES string of the molecule is C=CCO[C@@]12Oc3ccc(OC(=O)NCc4ccccc4)cc3[C@H]3[C@H](CCCCO)[C@@H](CCCCO)C=C(C(=NOC)C[C@@H]1N(Cc1cccc4ccccc14)C(=O)CCC1CCCC1)[C@H]32. The average Bonchev–Trinajstić information content (AvgIpc) is 3.87. The van der Waals surface area contributed by atoms with E-state index in [4.69, 9.17) is 24.2 Å². The highest BCUT2D eigenvalue weighted by atomic mass is 16.7. The van der Waals surface area contributed by atoms with Crippen molar-refractivity contribution in [3.63, 3.8) is 0 Å². The highest BCUT2D eigenvalue weighted by molar-refractivity contribution is 6.03. The van der Waals surface area contributed by atoms with Crippen molar-refractivity contribution in [2.24, 2.45) is 28.8 Å². The van der Waals surface area contributed by atoms with Gasteiger partial charge in [-0.25, -0.2) is 4.79 Å². The van der Waals surface area contributed by atoms with Crippen LogP contribution in [-0.4, -0.2) is 71.6 Å². The summed E-state index contributed by atoms with van der Waals surface area (Å²) in [5.74, 6) is -0.527. The van der Waals surface area contributed by atoms with Crippen LogP contribution in [0.25, 0.3) is 10.8 Å². The summed E-state index contributed by atoms with van der Waals surface area (Å²) in [6.45, 7) is 5.09. The first-order valence-electron chi connectivity index (χ1n) is 24.2. The van der Waals surface area contributed by atoms with Crippen molar-refractivity contribution in [2.75, 3.05) is 26.9 Å². The molecule has 1 aliphatic heterocycles. The number of benzene rings is 4. The van der Waals surface area contributed by atoms with E-state index in [-0.39, 0.29) is 43.5 Å². The fourth-order valence-electron chi connectivity index (χ4n) is 11.5. The third kappa shape index (κ3) is 10.4. The van der Waals surface area contributed by atoms with Crippen molar-refractivity contribution in [3.8, 4) is 11.5 Å². The number of hydrogen-bond donors (Lipinski definition) is 3. The molecular formula is C55H67N3O8. The molecular weight excluding hydrogens is 831 g/mol. The number of carbonyl (C=O) groups excluding carboxylic acids is 2. The molecule has 2 saturated carbocycles. The number of nitrogens with one attached hydrogen (secondary N) is 1. The van der Waals surface area contributed by atoms with Gasteiger partial charge in [-0.1, -0.05) is 129 Å². The Morgan fingerprint density at radius 3 is 2.45 bits per heavy atom. The number of rotatable bonds is 21. The van der Waals surface area contributed by atoms with Gasteiger partial charge in [0.25, 0.3) is 0 Å². The fraction of sp³-hybridized carbons (Fsp3) is 0.473. The van der Waals surface area contributed by atoms with Crippen LogP contribution in [0.4, 0.5) is 4.79 Å². The van der Waals surface area contributed by atoms with Crippen molar-refractivity contribution in [1.29, 1.82) is 0 Å². The predicted octanol–water partition coefficient (Wildman–Crippen LogP) is 10.4. The normalized spacial score (nSPS) is 23.9. The first-order valence-corrected chi connectivity index (χ1v) is 24.2. The Morgan fingerprint density at radius 2 is 1.68 bits per heavy atom. The molecule has 11 nitrogen and oxygen atoms in total. The topological polar surface area (TPSA) is 139 Å². The van der Waals surface area contributed by atoms with Crippen LogP contribution in [-0.2, 0) is 27.5 Å². The quantitative estimate of drug-likeness (QED) is 0.0427. The zero-order chi connectivity index (χ0) is 45.9. The number of aliphatic hydroxyl groups excluding tert-OH is 2. The Balaban J connectivity index is 1.28. The van der Waals surface area contributed by atoms with E-state index in [0.29, 0.717) is 56.2 Å². The van der Waals surface area contributed by atoms with E-state index in [1.165, 1.54) is 12.8 Å². The van der Waals surface area contributed by atoms with Gasteiger partial charge >= 0.3 is 6.09 Å². The predicted molar refractivity (Wildman–Crippen MR) is 257 cm³/mol. The van der Waals surface area contributed by atoms with Gasteiger partial charge in [-0.2, -0.15) is 0 Å². The molecule has 3 aliphatic carbocycles. The molecule has 2 fully saturated rings. The number of unbranched alkanes of at least 4 members (excludes halogenated alkanes) is 2. The van der Waals surface area contributed by atoms with Crippen LogP contribution in [0.2, 0.25) is 0 Å². The molecule has 11 heteroatoms. The largest absolute Gasteiger partial charge is 0.459 e. The molecule has 4 aromatic rings. The van der Waals surface area contributed by atoms with Crippen LogP contribution in [0, 0.1) is 23.7 Å². The summed E-state index contributed by atoms with van der Waals surface area (Å²) < 4.78 is 20.7. The van der Waals surface area contributed by atoms with Crippen LogP contribution >= 0.6 is 0 Å². The number of allylic oxidation sites excluding steroid dienone is 1. The van der Waals surface area contributed by atoms with Crippen molar-refractivity contribution in [3.05, 3.63) is 132 Å². The van der Waals surface area contributed by atoms with Crippen LogP contribution in [0.1, 0.15) is 106 Å². The monoisotopic (exact) mass is 897 g/mol. The Kier molecular flexibility index (Phi) is 15.9. The van der Waals surface area contributed by atoms with Gasteiger partial charge in [-0.05, 0) is 95.5 Å². The summed E-state index contributed by atoms with van der Waals surface area (Å²) in [5, 5.41) is 29.8. The molecule has 8 rings (SSSR count). The molecule has 1 heterocycles. The fourth-order valence-corrected chi connectivity index (χ4v) is 11.5. The van der Waals surface area contributed by atoms with Crippen molar-refractivity contribution in [2.45, 2.75) is 114 Å². The first-order chi connectivity index (χ1) is 32.4. The molecule has 6 atom stereocenters. The second kappa shape index (κ2) is 22.3. The van der Waals surface area contributed by atoms with E-state index in [1.807, 2.05) is 59.5 Å². The van der Waals surface area contributed by atoms with Gasteiger partial charge in [0.1, 0.15) is 24.7 Å². The van der Waals surface area contributed by atoms with Crippen LogP contribution in [0.5, 0.6) is 11.5 Å². The first kappa shape index (κ1) is 47.0. The summed E-state index contributed by atoms with van der Waals surface area (Å²) in [6, 6.07) is 29.2. The zero-order valence-electron chi connectivity index (χ0n) is 38.5. The van der Waals surface area contributed by atoms with E-state index in [1.54, 1.807) is 19.3 Å². The second-order valence-corrected chi connectivity index (χ2v) is 18.5. The number of aliphatic hydroxyl groups is 2. The molecule has 0 bridgehead atoms. The van der Waals surface area contributed by atoms with Crippen LogP contribution in [0.3, 0.4) is 0 Å². The van der Waals surface area contributed by atoms with Crippen LogP contribution in [0.15, 0.2) is 120 Å². The number of ether oxygens (including phenoxy) is 3. The maximum absolute atomic E-state index is 15.3. The number of fused-ring (bicyclic) bond motifs is 3. The number of nitrogens with zero attached hydrogens (tertiary/aromatic N) is 2. The minimum atomic E-state index is -1.40. The van der Waals surface area contributed by atoms with Gasteiger partial charge in [0.15, 0.2) is 0 Å². The Bertz CT molecular complexity index is 2340. The molecule has 0 unspecified atom stereocenters. The minimum Gasteiger partial charge on any atom is -0.459 e. The third-order valence-corrected chi connectivity index (χ3v) is 14.5. The zero-order valence-corrected chi connectivity index (χ0v) is 38.5. The lowest BCUT2D eigenvalue weighted by Crippen LogP contribution is -2.70. The molecule has 0 radical (unpaired) electrons. The van der Waals surface area contributed by atoms with Gasteiger partial charge < -0.3 is 39.5 Å². The highest BCUT2D eigenvalue weighted by Crippen LogP contribution is 2.62. The maximum Gasteiger partial charge on any atom is 0.412 e. The third-order valence-electron chi connectivity index (χ3n) is 14.5. The summed E-state index contributed by atoms with van der Waals surface area (Å²) in [7, 11) is 1.56. The standard InChI is InChI=1S/C55H67N3O8/c1-3-32-64-55-50(58(51(61)29-26-38-16-7-8-17-38)37-42-23-15-22-40-20-9-10-24-44(40)42)35-48(57-63-2)46-33-41(21-11-13-30-59)45(25-12-14-31-60)52(53(46)55)47-34-43(27-28-49(47)66-55)65-54(62)56-36-39-18-5-4-6-19-39/h3-6,9-10,15,18-20,22-24,27-28,33-34,38,41,45,50,52-53,59-60H,1,7-8,11-14,16-17,21,25-26,29-32,35-37H2,2H3,(H,56,62)/t41-,45+,50-,52+,53+,55+/m0/s1. The summed E-state index contributed by atoms with van der Waals surface area (Å²) in [5.41, 5.74) is 4.56. The average molecular weight is 898 g/mol. The second-order valence-electron chi connectivity index (χ2n) is 18.5. The molecule has 4 aliphatic rings. The number of hydrogen-bond acceptors (Lipinski definition) is 9. The van der Waals surface area contributed by atoms with Crippen LogP contribution < -0.4 is 14.8 Å². The molecule has 2 amide bonds. The maximum atomic E-state index is 15.3. The Hall–Kier alpha value is -5.49. The Morgan fingerprint density at radius 1 is 0.924 bits per heavy atom. The van der Waals surface area contributed by atoms with Gasteiger partial charge in [-0.15, -0.1) is 6.58 Å². The molecule has 0 saturated heterocycles. The molecule has 66 heavy (non-hydrogen) atoms. The molecule has 4 aromatic carbocycles. The molecule has 0 spiro atoms. The van der Waals surface area contributed by atoms with Gasteiger partial charge in [0, 0.05) is 50.6 Å². The summed E-state index contributed by atoms with van der Waals surface area (Å²) in [6.07, 6.45) is 14.3. The lowest BCUT2D eigenvalue weighted by atomic mass is 9.55. The Labute approximate surface area is 389 Å². The van der Waals surface area contributed by atoms with Crippen molar-refractivity contribution in [1.82, 2.24) is 10.2 Å². The number of carbonyl (C=O) groups is 2. The van der Waals surface area contributed by atoms with E-state index < -0.39 is 23.8 Å². The van der Waals surface area contributed by atoms with E-state index >= 15 is 4.79 Å². The van der Waals surface area contributed by atoms with E-state index in [2.05, 4.69) is 48.3 Å². The van der Waals surface area contributed by atoms with E-state index in [0.717, 1.165) is 83.7 Å². The molecule has 350 valence electrons. The van der Waals surface area contributed by atoms with E-state index in [9.17, 15) is 15.0 Å². The lowest BCUT2D eigenvalue weighted by Gasteiger charge is -2.60. The smallest absolute Gasteiger partial charge is 0.412 e. The number of oxime groups is 1. The molecule has 0 aromatic heterocycles. The van der Waals surface area contributed by atoms with Crippen molar-refractivity contribution >= 4 is 28.5 Å². The lowest BCUT2D eigenvalue weighted by molar-refractivity contribution is -0.258. The molecule has 3 N–H and O–H groups in total. The summed E-state index contributed by atoms with van der Waals surface area (Å²) in [4.78, 5) is 36.4. The van der Waals surface area contributed by atoms with Gasteiger partial charge in [0.2, 0.25) is 11.7 Å². The highest BCUT2D eigenvalue weighted by Gasteiger charge is 2.65. The van der Waals surface area contributed by atoms with Crippen molar-refractivity contribution < 1.29 is 38.9 Å². The number of amides is 2. The van der Waals surface area contributed by atoms with Gasteiger partial charge in [-0.3, -0.25) is 4.79 Å². The minimum absolute atomic E-state index is 0.0210.